The Hall–Kier alpha value is -2.66. The fourth-order valence-corrected chi connectivity index (χ4v) is 5.04. The Bertz CT molecular complexity index is 947. The molecule has 3 aromatic rings. The number of hydrogen-bond donors (Lipinski definition) is 1. The Kier molecular flexibility index (Phi) is 4.61. The Labute approximate surface area is 171 Å². The highest BCUT2D eigenvalue weighted by atomic mass is 32.1. The molecule has 142 valence electrons. The van der Waals surface area contributed by atoms with E-state index in [0.717, 1.165) is 16.5 Å². The van der Waals surface area contributed by atoms with E-state index >= 15 is 0 Å². The highest BCUT2D eigenvalue weighted by molar-refractivity contribution is 7.80. The Morgan fingerprint density at radius 3 is 2.46 bits per heavy atom. The first-order valence-corrected chi connectivity index (χ1v) is 10.5. The maximum absolute atomic E-state index is 5.81. The van der Waals surface area contributed by atoms with Crippen LogP contribution in [0.1, 0.15) is 55.2 Å². The van der Waals surface area contributed by atoms with E-state index < -0.39 is 0 Å². The van der Waals surface area contributed by atoms with Gasteiger partial charge in [0, 0.05) is 29.8 Å². The van der Waals surface area contributed by atoms with E-state index in [-0.39, 0.29) is 12.1 Å². The van der Waals surface area contributed by atoms with Crippen molar-refractivity contribution in [2.75, 3.05) is 4.90 Å². The summed E-state index contributed by atoms with van der Waals surface area (Å²) in [5.74, 6) is 0. The van der Waals surface area contributed by atoms with Crippen molar-refractivity contribution in [3.63, 3.8) is 0 Å². The van der Waals surface area contributed by atoms with E-state index in [1.165, 1.54) is 31.4 Å². The van der Waals surface area contributed by atoms with Crippen LogP contribution in [0.2, 0.25) is 0 Å². The molecule has 1 aliphatic carbocycles. The molecule has 5 heteroatoms. The second kappa shape index (κ2) is 7.40. The van der Waals surface area contributed by atoms with Crippen LogP contribution in [0, 0.1) is 0 Å². The van der Waals surface area contributed by atoms with E-state index in [0.29, 0.717) is 6.04 Å². The van der Waals surface area contributed by atoms with E-state index in [4.69, 9.17) is 12.2 Å². The number of nitrogens with zero attached hydrogens (tertiary/aromatic N) is 3. The van der Waals surface area contributed by atoms with Crippen molar-refractivity contribution in [3.8, 4) is 0 Å². The van der Waals surface area contributed by atoms with Crippen molar-refractivity contribution in [1.82, 2.24) is 14.9 Å². The number of benzene rings is 1. The second-order valence-electron chi connectivity index (χ2n) is 7.61. The standard InChI is InChI=1S/C23H24N4S/c28-23-25-21(19-13-6-7-15-24-19)22(27(23)18-11-2-1-3-12-18)20-14-8-16-26(20)17-9-4-5-10-17/h1-3,6-8,11-17,21-22H,4-5,9-10H2,(H,25,28). The lowest BCUT2D eigenvalue weighted by Crippen LogP contribution is -2.30. The number of thiocarbonyl (C=S) groups is 1. The number of hydrogen-bond acceptors (Lipinski definition) is 2. The van der Waals surface area contributed by atoms with Gasteiger partial charge >= 0.3 is 0 Å². The van der Waals surface area contributed by atoms with Crippen molar-refractivity contribution in [2.45, 2.75) is 43.8 Å². The van der Waals surface area contributed by atoms with Gasteiger partial charge in [0.15, 0.2) is 5.11 Å². The fourth-order valence-electron chi connectivity index (χ4n) is 4.69. The highest BCUT2D eigenvalue weighted by Crippen LogP contribution is 2.43. The van der Waals surface area contributed by atoms with Gasteiger partial charge in [0.1, 0.15) is 6.04 Å². The minimum absolute atomic E-state index is 0.0176. The van der Waals surface area contributed by atoms with E-state index in [1.54, 1.807) is 0 Å². The van der Waals surface area contributed by atoms with Crippen molar-refractivity contribution in [2.24, 2.45) is 0 Å². The van der Waals surface area contributed by atoms with Gasteiger partial charge in [-0.05, 0) is 61.5 Å². The van der Waals surface area contributed by atoms with Crippen LogP contribution in [-0.4, -0.2) is 14.7 Å². The molecule has 2 unspecified atom stereocenters. The predicted octanol–water partition coefficient (Wildman–Crippen LogP) is 5.18. The molecule has 1 N–H and O–H groups in total. The molecule has 2 fully saturated rings. The zero-order chi connectivity index (χ0) is 18.9. The summed E-state index contributed by atoms with van der Waals surface area (Å²) in [5.41, 5.74) is 3.44. The summed E-state index contributed by atoms with van der Waals surface area (Å²) in [5, 5.41) is 4.31. The SMILES string of the molecule is S=C1NC(c2ccccn2)C(c2cccn2C2CCCC2)N1c1ccccc1. The predicted molar refractivity (Wildman–Crippen MR) is 116 cm³/mol. The summed E-state index contributed by atoms with van der Waals surface area (Å²) < 4.78 is 2.49. The molecular weight excluding hydrogens is 364 g/mol. The maximum Gasteiger partial charge on any atom is 0.174 e. The highest BCUT2D eigenvalue weighted by Gasteiger charge is 2.42. The number of para-hydroxylation sites is 1. The van der Waals surface area contributed by atoms with E-state index in [9.17, 15) is 0 Å². The van der Waals surface area contributed by atoms with Gasteiger partial charge in [0.2, 0.25) is 0 Å². The lowest BCUT2D eigenvalue weighted by molar-refractivity contribution is 0.461. The molecule has 2 atom stereocenters. The van der Waals surface area contributed by atoms with Gasteiger partial charge in [0.05, 0.1) is 11.7 Å². The molecule has 1 aromatic carbocycles. The van der Waals surface area contributed by atoms with Crippen LogP contribution in [0.3, 0.4) is 0 Å². The molecule has 1 aliphatic heterocycles. The van der Waals surface area contributed by atoms with Crippen LogP contribution in [0.4, 0.5) is 5.69 Å². The van der Waals surface area contributed by atoms with Gasteiger partial charge in [-0.2, -0.15) is 0 Å². The third kappa shape index (κ3) is 3.00. The molecule has 5 rings (SSSR count). The lowest BCUT2D eigenvalue weighted by Gasteiger charge is -2.30. The quantitative estimate of drug-likeness (QED) is 0.625. The van der Waals surface area contributed by atoms with Crippen LogP contribution in [0.25, 0.3) is 0 Å². The summed E-state index contributed by atoms with van der Waals surface area (Å²) in [4.78, 5) is 6.91. The molecule has 4 nitrogen and oxygen atoms in total. The maximum atomic E-state index is 5.81. The van der Waals surface area contributed by atoms with Crippen LogP contribution >= 0.6 is 12.2 Å². The molecule has 0 spiro atoms. The first-order valence-electron chi connectivity index (χ1n) is 10.1. The lowest BCUT2D eigenvalue weighted by atomic mass is 10.0. The van der Waals surface area contributed by atoms with Crippen LogP contribution in [-0.2, 0) is 0 Å². The smallest absolute Gasteiger partial charge is 0.174 e. The van der Waals surface area contributed by atoms with Crippen molar-refractivity contribution in [1.29, 1.82) is 0 Å². The van der Waals surface area contributed by atoms with Crippen LogP contribution in [0.15, 0.2) is 73.1 Å². The largest absolute Gasteiger partial charge is 0.351 e. The van der Waals surface area contributed by atoms with Gasteiger partial charge in [-0.1, -0.05) is 37.1 Å². The Balaban J connectivity index is 1.62. The minimum atomic E-state index is 0.0176. The monoisotopic (exact) mass is 388 g/mol. The summed E-state index contributed by atoms with van der Waals surface area (Å²) in [6, 6.07) is 21.6. The number of anilines is 1. The Morgan fingerprint density at radius 2 is 1.71 bits per heavy atom. The first-order chi connectivity index (χ1) is 13.8. The zero-order valence-electron chi connectivity index (χ0n) is 15.7. The average Bonchev–Trinajstić information content (AvgIpc) is 3.48. The van der Waals surface area contributed by atoms with Gasteiger partial charge in [-0.15, -0.1) is 0 Å². The third-order valence-corrected chi connectivity index (χ3v) is 6.28. The normalized spacial score (nSPS) is 22.6. The molecule has 0 radical (unpaired) electrons. The second-order valence-corrected chi connectivity index (χ2v) is 8.00. The summed E-state index contributed by atoms with van der Waals surface area (Å²) >= 11 is 5.81. The first kappa shape index (κ1) is 17.4. The molecule has 2 aliphatic rings. The van der Waals surface area contributed by atoms with Crippen molar-refractivity contribution < 1.29 is 0 Å². The summed E-state index contributed by atoms with van der Waals surface area (Å²) in [6.45, 7) is 0. The minimum Gasteiger partial charge on any atom is -0.351 e. The summed E-state index contributed by atoms with van der Waals surface area (Å²) in [7, 11) is 0. The molecule has 0 amide bonds. The topological polar surface area (TPSA) is 33.1 Å². The van der Waals surface area contributed by atoms with Gasteiger partial charge in [0.25, 0.3) is 0 Å². The van der Waals surface area contributed by atoms with Gasteiger partial charge in [-0.25, -0.2) is 0 Å². The van der Waals surface area contributed by atoms with Crippen molar-refractivity contribution >= 4 is 23.0 Å². The molecular formula is C23H24N4S. The molecule has 1 saturated carbocycles. The molecule has 3 heterocycles. The average molecular weight is 389 g/mol. The molecule has 28 heavy (non-hydrogen) atoms. The van der Waals surface area contributed by atoms with Gasteiger partial charge in [-0.3, -0.25) is 4.98 Å². The zero-order valence-corrected chi connectivity index (χ0v) is 16.6. The number of nitrogens with one attached hydrogen (secondary N) is 1. The van der Waals surface area contributed by atoms with E-state index in [2.05, 4.69) is 68.4 Å². The van der Waals surface area contributed by atoms with Crippen LogP contribution in [0.5, 0.6) is 0 Å². The van der Waals surface area contributed by atoms with Crippen molar-refractivity contribution in [3.05, 3.63) is 84.4 Å². The van der Waals surface area contributed by atoms with Gasteiger partial charge < -0.3 is 14.8 Å². The third-order valence-electron chi connectivity index (χ3n) is 5.97. The molecule has 1 saturated heterocycles. The van der Waals surface area contributed by atoms with Crippen LogP contribution < -0.4 is 10.2 Å². The summed E-state index contributed by atoms with van der Waals surface area (Å²) in [6.07, 6.45) is 9.24. The number of aromatic nitrogens is 2. The van der Waals surface area contributed by atoms with E-state index in [1.807, 2.05) is 24.4 Å². The molecule has 0 bridgehead atoms. The number of rotatable bonds is 4. The fraction of sp³-hybridized carbons (Fsp3) is 0.304. The number of pyridine rings is 1. The molecule has 2 aromatic heterocycles. The Morgan fingerprint density at radius 1 is 0.929 bits per heavy atom.